The van der Waals surface area contributed by atoms with Gasteiger partial charge in [0.1, 0.15) is 11.3 Å². The summed E-state index contributed by atoms with van der Waals surface area (Å²) < 4.78 is 11.4. The van der Waals surface area contributed by atoms with Crippen LogP contribution >= 0.6 is 0 Å². The molecule has 25 heavy (non-hydrogen) atoms. The van der Waals surface area contributed by atoms with E-state index in [1.807, 2.05) is 46.8 Å². The highest BCUT2D eigenvalue weighted by Crippen LogP contribution is 2.33. The number of anilines is 1. The highest BCUT2D eigenvalue weighted by Gasteiger charge is 2.45. The monoisotopic (exact) mass is 348 g/mol. The van der Waals surface area contributed by atoms with Crippen LogP contribution in [0.4, 0.5) is 10.5 Å². The predicted molar refractivity (Wildman–Crippen MR) is 100 cm³/mol. The average molecular weight is 348 g/mol. The Kier molecular flexibility index (Phi) is 5.67. The van der Waals surface area contributed by atoms with Crippen molar-refractivity contribution in [1.82, 2.24) is 4.90 Å². The average Bonchev–Trinajstić information content (AvgIpc) is 2.78. The molecular weight excluding hydrogens is 316 g/mol. The van der Waals surface area contributed by atoms with Crippen LogP contribution in [0.5, 0.6) is 0 Å². The Hall–Kier alpha value is -1.75. The van der Waals surface area contributed by atoms with Crippen molar-refractivity contribution < 1.29 is 14.3 Å². The van der Waals surface area contributed by atoms with E-state index in [0.717, 1.165) is 18.5 Å². The topological polar surface area (TPSA) is 64.8 Å². The minimum absolute atomic E-state index is 0.0288. The van der Waals surface area contributed by atoms with Gasteiger partial charge in [0.2, 0.25) is 0 Å². The maximum atomic E-state index is 12.6. The van der Waals surface area contributed by atoms with Crippen LogP contribution in [0.1, 0.15) is 65.9 Å². The van der Waals surface area contributed by atoms with Gasteiger partial charge >= 0.3 is 6.09 Å². The van der Waals surface area contributed by atoms with E-state index < -0.39 is 11.3 Å². The Balaban J connectivity index is 2.02. The minimum atomic E-state index is -0.641. The van der Waals surface area contributed by atoms with E-state index >= 15 is 0 Å². The van der Waals surface area contributed by atoms with Crippen LogP contribution in [-0.2, 0) is 9.47 Å². The van der Waals surface area contributed by atoms with Gasteiger partial charge in [0.05, 0.1) is 12.6 Å². The van der Waals surface area contributed by atoms with Crippen molar-refractivity contribution in [3.8, 4) is 0 Å². The van der Waals surface area contributed by atoms with Crippen molar-refractivity contribution in [2.45, 2.75) is 77.7 Å². The minimum Gasteiger partial charge on any atom is -0.444 e. The quantitative estimate of drug-likeness (QED) is 0.812. The zero-order chi connectivity index (χ0) is 18.8. The molecular formula is C20H32N2O3. The van der Waals surface area contributed by atoms with E-state index in [4.69, 9.17) is 15.2 Å². The van der Waals surface area contributed by atoms with Gasteiger partial charge in [-0.1, -0.05) is 19.1 Å². The van der Waals surface area contributed by atoms with E-state index in [2.05, 4.69) is 19.1 Å². The van der Waals surface area contributed by atoms with Crippen LogP contribution in [0.15, 0.2) is 24.3 Å². The van der Waals surface area contributed by atoms with Crippen LogP contribution in [0.3, 0.4) is 0 Å². The Morgan fingerprint density at radius 1 is 1.36 bits per heavy atom. The molecule has 1 aliphatic rings. The van der Waals surface area contributed by atoms with Gasteiger partial charge in [0.25, 0.3) is 0 Å². The van der Waals surface area contributed by atoms with E-state index in [1.54, 1.807) is 4.90 Å². The SMILES string of the molecule is CC(CC[C@H]1COC(C)(C)N1C(=O)OC(C)(C)C)c1ccc(N)cc1. The molecule has 5 nitrogen and oxygen atoms in total. The number of amides is 1. The first-order valence-corrected chi connectivity index (χ1v) is 9.01. The van der Waals surface area contributed by atoms with Gasteiger partial charge in [0.15, 0.2) is 0 Å². The molecule has 140 valence electrons. The molecule has 0 saturated carbocycles. The molecule has 0 aliphatic carbocycles. The molecule has 1 aromatic carbocycles. The molecule has 0 radical (unpaired) electrons. The Morgan fingerprint density at radius 2 is 1.96 bits per heavy atom. The molecule has 1 aromatic rings. The van der Waals surface area contributed by atoms with Crippen molar-refractivity contribution in [3.05, 3.63) is 29.8 Å². The van der Waals surface area contributed by atoms with Crippen LogP contribution in [0.25, 0.3) is 0 Å². The smallest absolute Gasteiger partial charge is 0.412 e. The van der Waals surface area contributed by atoms with Crippen molar-refractivity contribution in [2.75, 3.05) is 12.3 Å². The van der Waals surface area contributed by atoms with Gasteiger partial charge in [-0.3, -0.25) is 4.90 Å². The summed E-state index contributed by atoms with van der Waals surface area (Å²) in [4.78, 5) is 14.4. The van der Waals surface area contributed by atoms with Gasteiger partial charge in [-0.15, -0.1) is 0 Å². The number of carbonyl (C=O) groups is 1. The molecule has 5 heteroatoms. The molecule has 2 N–H and O–H groups in total. The molecule has 0 spiro atoms. The third-order valence-electron chi connectivity index (χ3n) is 4.60. The first-order chi connectivity index (χ1) is 11.5. The highest BCUT2D eigenvalue weighted by atomic mass is 16.6. The number of nitrogens with two attached hydrogens (primary N) is 1. The van der Waals surface area contributed by atoms with Crippen molar-refractivity contribution in [2.24, 2.45) is 0 Å². The Labute approximate surface area is 151 Å². The second-order valence-electron chi connectivity index (χ2n) is 8.41. The molecule has 1 fully saturated rings. The molecule has 1 unspecified atom stereocenters. The first-order valence-electron chi connectivity index (χ1n) is 9.01. The maximum Gasteiger partial charge on any atom is 0.412 e. The van der Waals surface area contributed by atoms with E-state index in [9.17, 15) is 4.79 Å². The van der Waals surface area contributed by atoms with Crippen LogP contribution in [0.2, 0.25) is 0 Å². The fraction of sp³-hybridized carbons (Fsp3) is 0.650. The second kappa shape index (κ2) is 7.24. The summed E-state index contributed by atoms with van der Waals surface area (Å²) in [5, 5.41) is 0. The summed E-state index contributed by atoms with van der Waals surface area (Å²) >= 11 is 0. The van der Waals surface area contributed by atoms with E-state index in [-0.39, 0.29) is 12.1 Å². The fourth-order valence-corrected chi connectivity index (χ4v) is 3.21. The van der Waals surface area contributed by atoms with Gasteiger partial charge in [0, 0.05) is 5.69 Å². The predicted octanol–water partition coefficient (Wildman–Crippen LogP) is 4.52. The maximum absolute atomic E-state index is 12.6. The number of nitrogen functional groups attached to an aromatic ring is 1. The number of nitrogens with zero attached hydrogens (tertiary/aromatic N) is 1. The summed E-state index contributed by atoms with van der Waals surface area (Å²) in [5.41, 5.74) is 6.64. The van der Waals surface area contributed by atoms with Gasteiger partial charge in [-0.05, 0) is 71.1 Å². The summed E-state index contributed by atoms with van der Waals surface area (Å²) in [7, 11) is 0. The number of ether oxygens (including phenoxy) is 2. The summed E-state index contributed by atoms with van der Waals surface area (Å²) in [5.74, 6) is 0.393. The van der Waals surface area contributed by atoms with Crippen LogP contribution < -0.4 is 5.73 Å². The number of carbonyl (C=O) groups excluding carboxylic acids is 1. The lowest BCUT2D eigenvalue weighted by Crippen LogP contribution is -2.49. The molecule has 1 heterocycles. The third kappa shape index (κ3) is 5.11. The van der Waals surface area contributed by atoms with Crippen LogP contribution in [0, 0.1) is 0 Å². The lowest BCUT2D eigenvalue weighted by molar-refractivity contribution is -0.0627. The van der Waals surface area contributed by atoms with Crippen molar-refractivity contribution in [3.63, 3.8) is 0 Å². The molecule has 1 amide bonds. The van der Waals surface area contributed by atoms with Crippen molar-refractivity contribution >= 4 is 11.8 Å². The molecule has 0 bridgehead atoms. The third-order valence-corrected chi connectivity index (χ3v) is 4.60. The number of hydrogen-bond donors (Lipinski definition) is 1. The highest BCUT2D eigenvalue weighted by molar-refractivity contribution is 5.69. The normalized spacial score (nSPS) is 21.2. The second-order valence-corrected chi connectivity index (χ2v) is 8.41. The first kappa shape index (κ1) is 19.6. The molecule has 2 rings (SSSR count). The van der Waals surface area contributed by atoms with Crippen molar-refractivity contribution in [1.29, 1.82) is 0 Å². The molecule has 0 aromatic heterocycles. The zero-order valence-electron chi connectivity index (χ0n) is 16.3. The lowest BCUT2D eigenvalue weighted by Gasteiger charge is -2.35. The molecule has 1 aliphatic heterocycles. The number of benzene rings is 1. The zero-order valence-corrected chi connectivity index (χ0v) is 16.3. The van der Waals surface area contributed by atoms with Gasteiger partial charge in [-0.25, -0.2) is 4.79 Å². The lowest BCUT2D eigenvalue weighted by atomic mass is 9.94. The Morgan fingerprint density at radius 3 is 2.52 bits per heavy atom. The van der Waals surface area contributed by atoms with E-state index in [0.29, 0.717) is 12.5 Å². The van der Waals surface area contributed by atoms with Gasteiger partial charge < -0.3 is 15.2 Å². The molecule has 1 saturated heterocycles. The molecule has 2 atom stereocenters. The standard InChI is InChI=1S/C20H32N2O3/c1-14(15-8-10-16(21)11-9-15)7-12-17-13-24-20(5,6)22(17)18(23)25-19(2,3)4/h8-11,14,17H,7,12-13,21H2,1-6H3/t14?,17-/m0/s1. The van der Waals surface area contributed by atoms with E-state index in [1.165, 1.54) is 5.56 Å². The summed E-state index contributed by atoms with van der Waals surface area (Å²) in [6.45, 7) is 12.2. The number of hydrogen-bond acceptors (Lipinski definition) is 4. The Bertz CT molecular complexity index is 590. The largest absolute Gasteiger partial charge is 0.444 e. The summed E-state index contributed by atoms with van der Waals surface area (Å²) in [6, 6.07) is 8.03. The fourth-order valence-electron chi connectivity index (χ4n) is 3.21. The number of rotatable bonds is 4. The summed E-state index contributed by atoms with van der Waals surface area (Å²) in [6.07, 6.45) is 1.53. The van der Waals surface area contributed by atoms with Gasteiger partial charge in [-0.2, -0.15) is 0 Å². The van der Waals surface area contributed by atoms with Crippen LogP contribution in [-0.4, -0.2) is 35.0 Å².